The van der Waals surface area contributed by atoms with Crippen LogP contribution in [-0.4, -0.2) is 53.1 Å². The summed E-state index contributed by atoms with van der Waals surface area (Å²) in [6.45, 7) is 4.36. The Hall–Kier alpha value is -2.47. The number of carbonyl (C=O) groups is 1. The molecule has 1 saturated heterocycles. The molecule has 0 bridgehead atoms. The number of nitrogens with one attached hydrogen (secondary N) is 1. The molecule has 0 aliphatic carbocycles. The third-order valence-electron chi connectivity index (χ3n) is 3.97. The van der Waals surface area contributed by atoms with E-state index in [0.717, 1.165) is 11.4 Å². The summed E-state index contributed by atoms with van der Waals surface area (Å²) in [5.41, 5.74) is 1.16. The lowest BCUT2D eigenvalue weighted by atomic mass is 10.1. The number of carbonyl (C=O) groups excluding carboxylic acids is 1. The van der Waals surface area contributed by atoms with Crippen LogP contribution in [0.4, 0.5) is 5.82 Å². The molecule has 1 aliphatic rings. The van der Waals surface area contributed by atoms with Crippen molar-refractivity contribution < 1.29 is 9.53 Å². The van der Waals surface area contributed by atoms with Crippen molar-refractivity contribution in [2.45, 2.75) is 19.4 Å². The Morgan fingerprint density at radius 3 is 2.75 bits per heavy atom. The number of ether oxygens (including phenoxy) is 1. The molecule has 126 valence electrons. The average Bonchev–Trinajstić information content (AvgIpc) is 2.63. The molecule has 1 aromatic heterocycles. The van der Waals surface area contributed by atoms with E-state index in [9.17, 15) is 4.79 Å². The van der Waals surface area contributed by atoms with Crippen molar-refractivity contribution in [2.75, 3.05) is 31.6 Å². The standard InChI is InChI=1S/C18H22N4O2/c1-14(18(23)22-9-11-24-12-10-22)20-16-7-8-19-17(21-16)13-15-5-3-2-4-6-15/h2-8,14H,9-13H2,1H3,(H,19,20,21). The molecule has 0 saturated carbocycles. The molecule has 1 aromatic carbocycles. The minimum Gasteiger partial charge on any atom is -0.378 e. The number of aromatic nitrogens is 2. The lowest BCUT2D eigenvalue weighted by Gasteiger charge is -2.29. The third kappa shape index (κ3) is 4.29. The van der Waals surface area contributed by atoms with E-state index in [0.29, 0.717) is 38.5 Å². The summed E-state index contributed by atoms with van der Waals surface area (Å²) in [6.07, 6.45) is 2.39. The smallest absolute Gasteiger partial charge is 0.244 e. The van der Waals surface area contributed by atoms with Crippen LogP contribution >= 0.6 is 0 Å². The minimum absolute atomic E-state index is 0.0709. The van der Waals surface area contributed by atoms with E-state index in [4.69, 9.17) is 4.74 Å². The van der Waals surface area contributed by atoms with Gasteiger partial charge in [0.1, 0.15) is 17.7 Å². The van der Waals surface area contributed by atoms with Gasteiger partial charge in [-0.1, -0.05) is 30.3 Å². The summed E-state index contributed by atoms with van der Waals surface area (Å²) in [4.78, 5) is 23.1. The highest BCUT2D eigenvalue weighted by Gasteiger charge is 2.22. The number of anilines is 1. The molecular formula is C18H22N4O2. The number of benzene rings is 1. The average molecular weight is 326 g/mol. The SMILES string of the molecule is CC(Nc1ccnc(Cc2ccccc2)n1)C(=O)N1CCOCC1. The van der Waals surface area contributed by atoms with E-state index in [1.165, 1.54) is 0 Å². The number of hydrogen-bond acceptors (Lipinski definition) is 5. The van der Waals surface area contributed by atoms with Crippen LogP contribution < -0.4 is 5.32 Å². The molecule has 1 N–H and O–H groups in total. The van der Waals surface area contributed by atoms with Crippen LogP contribution in [0, 0.1) is 0 Å². The first-order chi connectivity index (χ1) is 11.7. The molecule has 6 heteroatoms. The first-order valence-corrected chi connectivity index (χ1v) is 8.21. The molecule has 6 nitrogen and oxygen atoms in total. The van der Waals surface area contributed by atoms with Crippen LogP contribution in [0.3, 0.4) is 0 Å². The largest absolute Gasteiger partial charge is 0.378 e. The summed E-state index contributed by atoms with van der Waals surface area (Å²) in [5.74, 6) is 1.48. The molecule has 1 fully saturated rings. The van der Waals surface area contributed by atoms with E-state index in [1.54, 1.807) is 12.3 Å². The van der Waals surface area contributed by atoms with E-state index >= 15 is 0 Å². The Balaban J connectivity index is 1.62. The van der Waals surface area contributed by atoms with Crippen LogP contribution in [0.2, 0.25) is 0 Å². The predicted octanol–water partition coefficient (Wildman–Crippen LogP) is 1.73. The third-order valence-corrected chi connectivity index (χ3v) is 3.97. The molecule has 0 spiro atoms. The van der Waals surface area contributed by atoms with Crippen molar-refractivity contribution in [3.05, 3.63) is 54.0 Å². The first-order valence-electron chi connectivity index (χ1n) is 8.21. The van der Waals surface area contributed by atoms with Crippen LogP contribution in [0.15, 0.2) is 42.6 Å². The maximum atomic E-state index is 12.4. The van der Waals surface area contributed by atoms with Gasteiger partial charge in [0.2, 0.25) is 5.91 Å². The van der Waals surface area contributed by atoms with Crippen molar-refractivity contribution >= 4 is 11.7 Å². The van der Waals surface area contributed by atoms with Gasteiger partial charge < -0.3 is 15.0 Å². The Morgan fingerprint density at radius 1 is 1.25 bits per heavy atom. The molecule has 2 aromatic rings. The molecule has 1 atom stereocenters. The van der Waals surface area contributed by atoms with Gasteiger partial charge in [-0.2, -0.15) is 0 Å². The van der Waals surface area contributed by atoms with E-state index in [2.05, 4.69) is 15.3 Å². The molecule has 1 aliphatic heterocycles. The topological polar surface area (TPSA) is 67.4 Å². The summed E-state index contributed by atoms with van der Waals surface area (Å²) in [6, 6.07) is 11.5. The summed E-state index contributed by atoms with van der Waals surface area (Å²) in [5, 5.41) is 3.18. The van der Waals surface area contributed by atoms with Crippen molar-refractivity contribution in [2.24, 2.45) is 0 Å². The van der Waals surface area contributed by atoms with Crippen molar-refractivity contribution in [1.82, 2.24) is 14.9 Å². The zero-order valence-corrected chi connectivity index (χ0v) is 13.8. The van der Waals surface area contributed by atoms with Gasteiger partial charge in [0, 0.05) is 25.7 Å². The number of rotatable bonds is 5. The van der Waals surface area contributed by atoms with Crippen LogP contribution in [0.25, 0.3) is 0 Å². The van der Waals surface area contributed by atoms with E-state index in [1.807, 2.05) is 42.2 Å². The van der Waals surface area contributed by atoms with Crippen LogP contribution in [0.5, 0.6) is 0 Å². The lowest BCUT2D eigenvalue weighted by Crippen LogP contribution is -2.47. The van der Waals surface area contributed by atoms with Gasteiger partial charge in [-0.05, 0) is 18.6 Å². The van der Waals surface area contributed by atoms with Gasteiger partial charge in [-0.3, -0.25) is 4.79 Å². The zero-order valence-electron chi connectivity index (χ0n) is 13.8. The second kappa shape index (κ2) is 7.88. The minimum atomic E-state index is -0.331. The zero-order chi connectivity index (χ0) is 16.8. The molecule has 1 unspecified atom stereocenters. The predicted molar refractivity (Wildman–Crippen MR) is 91.8 cm³/mol. The van der Waals surface area contributed by atoms with Gasteiger partial charge in [0.05, 0.1) is 13.2 Å². The molecule has 0 radical (unpaired) electrons. The molecule has 1 amide bonds. The van der Waals surface area contributed by atoms with Gasteiger partial charge in [-0.15, -0.1) is 0 Å². The Labute approximate surface area is 141 Å². The highest BCUT2D eigenvalue weighted by Crippen LogP contribution is 2.10. The maximum absolute atomic E-state index is 12.4. The maximum Gasteiger partial charge on any atom is 0.244 e. The Morgan fingerprint density at radius 2 is 2.00 bits per heavy atom. The normalized spacial score (nSPS) is 15.8. The second-order valence-corrected chi connectivity index (χ2v) is 5.82. The van der Waals surface area contributed by atoms with Crippen LogP contribution in [0.1, 0.15) is 18.3 Å². The van der Waals surface area contributed by atoms with E-state index < -0.39 is 0 Å². The second-order valence-electron chi connectivity index (χ2n) is 5.82. The first kappa shape index (κ1) is 16.4. The van der Waals surface area contributed by atoms with Gasteiger partial charge in [-0.25, -0.2) is 9.97 Å². The Kier molecular flexibility index (Phi) is 5.38. The fourth-order valence-electron chi connectivity index (χ4n) is 2.68. The number of hydrogen-bond donors (Lipinski definition) is 1. The molecule has 24 heavy (non-hydrogen) atoms. The highest BCUT2D eigenvalue weighted by molar-refractivity contribution is 5.84. The van der Waals surface area contributed by atoms with Crippen molar-refractivity contribution in [3.8, 4) is 0 Å². The Bertz CT molecular complexity index is 672. The monoisotopic (exact) mass is 326 g/mol. The van der Waals surface area contributed by atoms with E-state index in [-0.39, 0.29) is 11.9 Å². The molecule has 3 rings (SSSR count). The van der Waals surface area contributed by atoms with Crippen molar-refractivity contribution in [1.29, 1.82) is 0 Å². The lowest BCUT2D eigenvalue weighted by molar-refractivity contribution is -0.135. The number of nitrogens with zero attached hydrogens (tertiary/aromatic N) is 3. The van der Waals surface area contributed by atoms with Crippen LogP contribution in [-0.2, 0) is 16.0 Å². The van der Waals surface area contributed by atoms with Gasteiger partial charge >= 0.3 is 0 Å². The number of morpholine rings is 1. The molecule has 2 heterocycles. The summed E-state index contributed by atoms with van der Waals surface area (Å²) >= 11 is 0. The quantitative estimate of drug-likeness (QED) is 0.906. The van der Waals surface area contributed by atoms with Gasteiger partial charge in [0.15, 0.2) is 0 Å². The van der Waals surface area contributed by atoms with Crippen molar-refractivity contribution in [3.63, 3.8) is 0 Å². The fraction of sp³-hybridized carbons (Fsp3) is 0.389. The summed E-state index contributed by atoms with van der Waals surface area (Å²) < 4.78 is 5.29. The summed E-state index contributed by atoms with van der Waals surface area (Å²) in [7, 11) is 0. The number of amides is 1. The highest BCUT2D eigenvalue weighted by atomic mass is 16.5. The van der Waals surface area contributed by atoms with Gasteiger partial charge in [0.25, 0.3) is 0 Å². The molecular weight excluding hydrogens is 304 g/mol. The fourth-order valence-corrected chi connectivity index (χ4v) is 2.68.